The van der Waals surface area contributed by atoms with Crippen LogP contribution in [0.1, 0.15) is 32.3 Å². The summed E-state index contributed by atoms with van der Waals surface area (Å²) in [5.41, 5.74) is 7.85. The van der Waals surface area contributed by atoms with E-state index in [1.54, 1.807) is 6.07 Å². The van der Waals surface area contributed by atoms with Crippen LogP contribution in [0.15, 0.2) is 18.2 Å². The first kappa shape index (κ1) is 14.3. The highest BCUT2D eigenvalue weighted by Gasteiger charge is 2.24. The van der Waals surface area contributed by atoms with Gasteiger partial charge in [-0.15, -0.1) is 0 Å². The number of hydrogen-bond acceptors (Lipinski definition) is 4. The second-order valence-electron chi connectivity index (χ2n) is 4.52. The van der Waals surface area contributed by atoms with Gasteiger partial charge in [-0.1, -0.05) is 13.8 Å². The van der Waals surface area contributed by atoms with Crippen LogP contribution in [0.25, 0.3) is 0 Å². The number of anilines is 2. The van der Waals surface area contributed by atoms with Gasteiger partial charge in [-0.3, -0.25) is 0 Å². The molecule has 18 heavy (non-hydrogen) atoms. The van der Waals surface area contributed by atoms with E-state index in [9.17, 15) is 5.11 Å². The minimum absolute atomic E-state index is 0.0813. The van der Waals surface area contributed by atoms with E-state index in [0.717, 1.165) is 24.1 Å². The molecule has 0 heterocycles. The summed E-state index contributed by atoms with van der Waals surface area (Å²) < 4.78 is 0. The maximum atomic E-state index is 9.53. The van der Waals surface area contributed by atoms with Crippen LogP contribution >= 0.6 is 0 Å². The standard InChI is InChI=1S/C14H21N3O/c1-3-14(4-2,10-18)17-12-5-6-13(16)11(9-12)7-8-15/h5-6,9,17-18H,3-4,7,10,16H2,1-2H3. The van der Waals surface area contributed by atoms with Gasteiger partial charge in [0, 0.05) is 11.4 Å². The third-order valence-electron chi connectivity index (χ3n) is 3.48. The van der Waals surface area contributed by atoms with Crippen molar-refractivity contribution in [3.63, 3.8) is 0 Å². The number of nitrogens with one attached hydrogen (secondary N) is 1. The molecule has 0 bridgehead atoms. The Morgan fingerprint density at radius 1 is 1.39 bits per heavy atom. The van der Waals surface area contributed by atoms with Gasteiger partial charge in [0.25, 0.3) is 0 Å². The Morgan fingerprint density at radius 2 is 2.06 bits per heavy atom. The van der Waals surface area contributed by atoms with Crippen molar-refractivity contribution in [1.29, 1.82) is 5.26 Å². The highest BCUT2D eigenvalue weighted by molar-refractivity contribution is 5.58. The fourth-order valence-corrected chi connectivity index (χ4v) is 1.92. The van der Waals surface area contributed by atoms with Gasteiger partial charge in [-0.25, -0.2) is 0 Å². The summed E-state index contributed by atoms with van der Waals surface area (Å²) in [6, 6.07) is 7.66. The zero-order valence-corrected chi connectivity index (χ0v) is 11.0. The zero-order chi connectivity index (χ0) is 13.6. The van der Waals surface area contributed by atoms with Crippen LogP contribution in [0.2, 0.25) is 0 Å². The van der Waals surface area contributed by atoms with Gasteiger partial charge in [-0.05, 0) is 36.6 Å². The number of aliphatic hydroxyl groups is 1. The molecule has 0 aliphatic carbocycles. The van der Waals surface area contributed by atoms with Gasteiger partial charge in [0.15, 0.2) is 0 Å². The Labute approximate surface area is 108 Å². The summed E-state index contributed by atoms with van der Waals surface area (Å²) in [6.45, 7) is 4.17. The molecule has 1 aromatic carbocycles. The largest absolute Gasteiger partial charge is 0.398 e. The first-order chi connectivity index (χ1) is 8.60. The maximum absolute atomic E-state index is 9.53. The Bertz CT molecular complexity index is 425. The molecule has 0 fully saturated rings. The molecule has 0 aliphatic rings. The maximum Gasteiger partial charge on any atom is 0.0670 e. The van der Waals surface area contributed by atoms with Crippen LogP contribution in [0.3, 0.4) is 0 Å². The number of nitrogen functional groups attached to an aromatic ring is 1. The first-order valence-corrected chi connectivity index (χ1v) is 6.25. The van der Waals surface area contributed by atoms with Gasteiger partial charge in [-0.2, -0.15) is 5.26 Å². The summed E-state index contributed by atoms with van der Waals surface area (Å²) in [5.74, 6) is 0. The van der Waals surface area contributed by atoms with E-state index in [-0.39, 0.29) is 12.1 Å². The number of benzene rings is 1. The van der Waals surface area contributed by atoms with E-state index in [2.05, 4.69) is 11.4 Å². The predicted molar refractivity (Wildman–Crippen MR) is 74.2 cm³/mol. The Morgan fingerprint density at radius 3 is 2.56 bits per heavy atom. The quantitative estimate of drug-likeness (QED) is 0.674. The van der Waals surface area contributed by atoms with Crippen molar-refractivity contribution in [3.8, 4) is 6.07 Å². The summed E-state index contributed by atoms with van der Waals surface area (Å²) in [6.07, 6.45) is 1.96. The van der Waals surface area contributed by atoms with Crippen LogP contribution in [-0.4, -0.2) is 17.3 Å². The second-order valence-corrected chi connectivity index (χ2v) is 4.52. The van der Waals surface area contributed by atoms with E-state index >= 15 is 0 Å². The second kappa shape index (κ2) is 6.27. The topological polar surface area (TPSA) is 82.1 Å². The number of hydrogen-bond donors (Lipinski definition) is 3. The van der Waals surface area contributed by atoms with Crippen molar-refractivity contribution in [1.82, 2.24) is 0 Å². The number of nitrogens with zero attached hydrogens (tertiary/aromatic N) is 1. The number of aliphatic hydroxyl groups excluding tert-OH is 1. The minimum Gasteiger partial charge on any atom is -0.398 e. The van der Waals surface area contributed by atoms with Gasteiger partial charge in [0.1, 0.15) is 0 Å². The van der Waals surface area contributed by atoms with Crippen molar-refractivity contribution in [2.24, 2.45) is 0 Å². The van der Waals surface area contributed by atoms with Gasteiger partial charge in [0.05, 0.1) is 24.6 Å². The predicted octanol–water partition coefficient (Wildman–Crippen LogP) is 2.30. The highest BCUT2D eigenvalue weighted by Crippen LogP contribution is 2.25. The molecule has 0 aromatic heterocycles. The molecule has 0 amide bonds. The molecule has 4 heteroatoms. The third-order valence-corrected chi connectivity index (χ3v) is 3.48. The molecule has 0 unspecified atom stereocenters. The van der Waals surface area contributed by atoms with Crippen LogP contribution in [0.5, 0.6) is 0 Å². The molecule has 0 spiro atoms. The Balaban J connectivity index is 2.97. The van der Waals surface area contributed by atoms with Gasteiger partial charge in [0.2, 0.25) is 0 Å². The molecule has 0 saturated heterocycles. The fraction of sp³-hybridized carbons (Fsp3) is 0.500. The summed E-state index contributed by atoms with van der Waals surface area (Å²) in [4.78, 5) is 0. The average Bonchev–Trinajstić information content (AvgIpc) is 2.40. The molecule has 1 aromatic rings. The lowest BCUT2D eigenvalue weighted by atomic mass is 9.93. The van der Waals surface area contributed by atoms with Crippen molar-refractivity contribution < 1.29 is 5.11 Å². The SMILES string of the molecule is CCC(CC)(CO)Nc1ccc(N)c(CC#N)c1. The minimum atomic E-state index is -0.306. The van der Waals surface area contributed by atoms with E-state index in [0.29, 0.717) is 12.1 Å². The Kier molecular flexibility index (Phi) is 4.99. The number of nitriles is 1. The lowest BCUT2D eigenvalue weighted by Crippen LogP contribution is -2.40. The molecular formula is C14H21N3O. The lowest BCUT2D eigenvalue weighted by Gasteiger charge is -2.32. The lowest BCUT2D eigenvalue weighted by molar-refractivity contribution is 0.202. The average molecular weight is 247 g/mol. The number of nitrogens with two attached hydrogens (primary N) is 1. The summed E-state index contributed by atoms with van der Waals surface area (Å²) >= 11 is 0. The van der Waals surface area contributed by atoms with E-state index in [1.165, 1.54) is 0 Å². The van der Waals surface area contributed by atoms with Gasteiger partial charge < -0.3 is 16.2 Å². The molecule has 0 saturated carbocycles. The molecule has 4 nitrogen and oxygen atoms in total. The third kappa shape index (κ3) is 3.14. The molecule has 1 rings (SSSR count). The fourth-order valence-electron chi connectivity index (χ4n) is 1.92. The first-order valence-electron chi connectivity index (χ1n) is 6.25. The molecule has 0 aliphatic heterocycles. The zero-order valence-electron chi connectivity index (χ0n) is 11.0. The summed E-state index contributed by atoms with van der Waals surface area (Å²) in [5, 5.41) is 21.6. The van der Waals surface area contributed by atoms with Gasteiger partial charge >= 0.3 is 0 Å². The van der Waals surface area contributed by atoms with Crippen LogP contribution in [0, 0.1) is 11.3 Å². The van der Waals surface area contributed by atoms with Crippen LogP contribution in [-0.2, 0) is 6.42 Å². The Hall–Kier alpha value is -1.73. The summed E-state index contributed by atoms with van der Waals surface area (Å²) in [7, 11) is 0. The molecule has 0 radical (unpaired) electrons. The van der Waals surface area contributed by atoms with Crippen molar-refractivity contribution >= 4 is 11.4 Å². The number of rotatable bonds is 6. The molecule has 0 atom stereocenters. The van der Waals surface area contributed by atoms with E-state index in [4.69, 9.17) is 11.0 Å². The van der Waals surface area contributed by atoms with E-state index in [1.807, 2.05) is 26.0 Å². The molecular weight excluding hydrogens is 226 g/mol. The normalized spacial score (nSPS) is 11.0. The van der Waals surface area contributed by atoms with E-state index < -0.39 is 0 Å². The van der Waals surface area contributed by atoms with Crippen molar-refractivity contribution in [2.45, 2.75) is 38.6 Å². The highest BCUT2D eigenvalue weighted by atomic mass is 16.3. The molecule has 4 N–H and O–H groups in total. The smallest absolute Gasteiger partial charge is 0.0670 e. The van der Waals surface area contributed by atoms with Crippen molar-refractivity contribution in [2.75, 3.05) is 17.7 Å². The molecule has 98 valence electrons. The van der Waals surface area contributed by atoms with Crippen molar-refractivity contribution in [3.05, 3.63) is 23.8 Å². The van der Waals surface area contributed by atoms with Crippen LogP contribution < -0.4 is 11.1 Å². The monoisotopic (exact) mass is 247 g/mol. The van der Waals surface area contributed by atoms with Crippen LogP contribution in [0.4, 0.5) is 11.4 Å².